The van der Waals surface area contributed by atoms with Crippen LogP contribution in [0.15, 0.2) is 6.07 Å². The van der Waals surface area contributed by atoms with E-state index in [1.165, 1.54) is 25.7 Å². The molecule has 0 aliphatic heterocycles. The highest BCUT2D eigenvalue weighted by atomic mass is 16.1. The van der Waals surface area contributed by atoms with Gasteiger partial charge in [0.25, 0.3) is 0 Å². The standard InChI is InChI=1S/C14H21N3O/c1-9-4-13(17-16-9)8-15-14(18)7-12-6-10-2-3-11(12)5-10/h4,10-12H,2-3,5-8H2,1H3,(H,15,18)(H,16,17)/t10-,11-,12-/m1/s1. The number of aromatic nitrogens is 2. The molecule has 3 rings (SSSR count). The third kappa shape index (κ3) is 2.42. The molecule has 18 heavy (non-hydrogen) atoms. The number of carbonyl (C=O) groups excluding carboxylic acids is 1. The molecule has 0 aromatic carbocycles. The fourth-order valence-electron chi connectivity index (χ4n) is 3.69. The molecule has 2 saturated carbocycles. The second-order valence-corrected chi connectivity index (χ2v) is 5.96. The molecule has 0 unspecified atom stereocenters. The smallest absolute Gasteiger partial charge is 0.220 e. The Morgan fingerprint density at radius 1 is 1.50 bits per heavy atom. The fourth-order valence-corrected chi connectivity index (χ4v) is 3.69. The van der Waals surface area contributed by atoms with Gasteiger partial charge in [-0.15, -0.1) is 0 Å². The molecule has 0 spiro atoms. The predicted octanol–water partition coefficient (Wildman–Crippen LogP) is 2.16. The highest BCUT2D eigenvalue weighted by Crippen LogP contribution is 2.49. The number of rotatable bonds is 4. The van der Waals surface area contributed by atoms with Crippen molar-refractivity contribution in [2.24, 2.45) is 17.8 Å². The van der Waals surface area contributed by atoms with Crippen molar-refractivity contribution in [1.82, 2.24) is 15.5 Å². The molecule has 2 aliphatic rings. The van der Waals surface area contributed by atoms with Gasteiger partial charge >= 0.3 is 0 Å². The van der Waals surface area contributed by atoms with E-state index in [4.69, 9.17) is 0 Å². The van der Waals surface area contributed by atoms with Crippen LogP contribution in [0.25, 0.3) is 0 Å². The Morgan fingerprint density at radius 3 is 3.00 bits per heavy atom. The first-order chi connectivity index (χ1) is 8.70. The molecule has 98 valence electrons. The largest absolute Gasteiger partial charge is 0.350 e. The van der Waals surface area contributed by atoms with Gasteiger partial charge < -0.3 is 5.32 Å². The van der Waals surface area contributed by atoms with Gasteiger partial charge in [0.2, 0.25) is 5.91 Å². The molecule has 1 aromatic heterocycles. The van der Waals surface area contributed by atoms with Gasteiger partial charge in [0.15, 0.2) is 0 Å². The second-order valence-electron chi connectivity index (χ2n) is 5.96. The molecule has 0 saturated heterocycles. The Balaban J connectivity index is 1.45. The SMILES string of the molecule is Cc1cc(CNC(=O)C[C@H]2C[C@@H]3CC[C@@H]2C3)n[nH]1. The van der Waals surface area contributed by atoms with Crippen LogP contribution in [-0.4, -0.2) is 16.1 Å². The van der Waals surface area contributed by atoms with Gasteiger partial charge in [-0.1, -0.05) is 6.42 Å². The normalized spacial score (nSPS) is 29.7. The fraction of sp³-hybridized carbons (Fsp3) is 0.714. The first kappa shape index (κ1) is 11.8. The zero-order valence-corrected chi connectivity index (χ0v) is 10.9. The number of H-pyrrole nitrogens is 1. The van der Waals surface area contributed by atoms with Gasteiger partial charge in [-0.25, -0.2) is 0 Å². The lowest BCUT2D eigenvalue weighted by Crippen LogP contribution is -2.27. The summed E-state index contributed by atoms with van der Waals surface area (Å²) >= 11 is 0. The van der Waals surface area contributed by atoms with Crippen molar-refractivity contribution in [3.63, 3.8) is 0 Å². The zero-order valence-electron chi connectivity index (χ0n) is 10.9. The summed E-state index contributed by atoms with van der Waals surface area (Å²) in [6.45, 7) is 2.51. The van der Waals surface area contributed by atoms with Crippen LogP contribution in [0.3, 0.4) is 0 Å². The maximum Gasteiger partial charge on any atom is 0.220 e. The molecule has 1 heterocycles. The van der Waals surface area contributed by atoms with Crippen LogP contribution in [0.4, 0.5) is 0 Å². The Labute approximate surface area is 108 Å². The van der Waals surface area contributed by atoms with E-state index in [-0.39, 0.29) is 5.91 Å². The topological polar surface area (TPSA) is 57.8 Å². The third-order valence-electron chi connectivity index (χ3n) is 4.56. The molecule has 1 amide bonds. The summed E-state index contributed by atoms with van der Waals surface area (Å²) in [7, 11) is 0. The molecule has 2 aliphatic carbocycles. The summed E-state index contributed by atoms with van der Waals surface area (Å²) in [5, 5.41) is 9.98. The minimum atomic E-state index is 0.188. The highest BCUT2D eigenvalue weighted by Gasteiger charge is 2.39. The van der Waals surface area contributed by atoms with Gasteiger partial charge in [-0.2, -0.15) is 5.10 Å². The maximum absolute atomic E-state index is 11.9. The van der Waals surface area contributed by atoms with Crippen LogP contribution in [0.2, 0.25) is 0 Å². The van der Waals surface area contributed by atoms with Gasteiger partial charge in [0.05, 0.1) is 12.2 Å². The monoisotopic (exact) mass is 247 g/mol. The van der Waals surface area contributed by atoms with E-state index in [0.717, 1.165) is 23.2 Å². The third-order valence-corrected chi connectivity index (χ3v) is 4.56. The van der Waals surface area contributed by atoms with Crippen LogP contribution in [0.5, 0.6) is 0 Å². The lowest BCUT2D eigenvalue weighted by molar-refractivity contribution is -0.122. The summed E-state index contributed by atoms with van der Waals surface area (Å²) in [5.74, 6) is 2.58. The molecule has 3 atom stereocenters. The molecular formula is C14H21N3O. The van der Waals surface area contributed by atoms with E-state index in [1.807, 2.05) is 13.0 Å². The summed E-state index contributed by atoms with van der Waals surface area (Å²) in [5.41, 5.74) is 1.95. The zero-order chi connectivity index (χ0) is 12.5. The van der Waals surface area contributed by atoms with Crippen molar-refractivity contribution in [2.45, 2.75) is 45.6 Å². The van der Waals surface area contributed by atoms with Crippen LogP contribution >= 0.6 is 0 Å². The first-order valence-corrected chi connectivity index (χ1v) is 6.98. The van der Waals surface area contributed by atoms with Crippen molar-refractivity contribution in [3.8, 4) is 0 Å². The molecule has 2 N–H and O–H groups in total. The van der Waals surface area contributed by atoms with Crippen LogP contribution in [-0.2, 0) is 11.3 Å². The van der Waals surface area contributed by atoms with E-state index in [2.05, 4.69) is 15.5 Å². The number of fused-ring (bicyclic) bond motifs is 2. The van der Waals surface area contributed by atoms with Gasteiger partial charge in [-0.3, -0.25) is 9.89 Å². The maximum atomic E-state index is 11.9. The Hall–Kier alpha value is -1.32. The van der Waals surface area contributed by atoms with Crippen molar-refractivity contribution >= 4 is 5.91 Å². The second kappa shape index (κ2) is 4.75. The van der Waals surface area contributed by atoms with Gasteiger partial charge in [0.1, 0.15) is 0 Å². The quantitative estimate of drug-likeness (QED) is 0.856. The number of amides is 1. The summed E-state index contributed by atoms with van der Waals surface area (Å²) < 4.78 is 0. The van der Waals surface area contributed by atoms with Crippen molar-refractivity contribution in [2.75, 3.05) is 0 Å². The van der Waals surface area contributed by atoms with Gasteiger partial charge in [0, 0.05) is 12.1 Å². The van der Waals surface area contributed by atoms with Crippen LogP contribution in [0, 0.1) is 24.7 Å². The van der Waals surface area contributed by atoms with Crippen molar-refractivity contribution in [1.29, 1.82) is 0 Å². The number of nitrogens with zero attached hydrogens (tertiary/aromatic N) is 1. The molecule has 2 fully saturated rings. The molecule has 0 radical (unpaired) electrons. The number of carbonyl (C=O) groups is 1. The Kier molecular flexibility index (Phi) is 3.10. The van der Waals surface area contributed by atoms with Crippen molar-refractivity contribution < 1.29 is 4.79 Å². The lowest BCUT2D eigenvalue weighted by atomic mass is 9.86. The molecular weight excluding hydrogens is 226 g/mol. The van der Waals surface area contributed by atoms with Crippen LogP contribution < -0.4 is 5.32 Å². The Bertz CT molecular complexity index is 440. The highest BCUT2D eigenvalue weighted by molar-refractivity contribution is 5.76. The number of hydrogen-bond donors (Lipinski definition) is 2. The van der Waals surface area contributed by atoms with E-state index < -0.39 is 0 Å². The number of hydrogen-bond acceptors (Lipinski definition) is 2. The average molecular weight is 247 g/mol. The summed E-state index contributed by atoms with van der Waals surface area (Å²) in [4.78, 5) is 11.9. The summed E-state index contributed by atoms with van der Waals surface area (Å²) in [6, 6.07) is 1.97. The molecule has 4 heteroatoms. The minimum absolute atomic E-state index is 0.188. The van der Waals surface area contributed by atoms with Crippen molar-refractivity contribution in [3.05, 3.63) is 17.5 Å². The number of aromatic amines is 1. The summed E-state index contributed by atoms with van der Waals surface area (Å²) in [6.07, 6.45) is 6.11. The number of nitrogens with one attached hydrogen (secondary N) is 2. The van der Waals surface area contributed by atoms with Crippen LogP contribution in [0.1, 0.15) is 43.5 Å². The molecule has 2 bridgehead atoms. The molecule has 1 aromatic rings. The first-order valence-electron chi connectivity index (χ1n) is 6.98. The average Bonchev–Trinajstić information content (AvgIpc) is 3.03. The Morgan fingerprint density at radius 2 is 2.39 bits per heavy atom. The van der Waals surface area contributed by atoms with E-state index in [9.17, 15) is 4.79 Å². The van der Waals surface area contributed by atoms with Gasteiger partial charge in [-0.05, 0) is 50.0 Å². The number of aryl methyl sites for hydroxylation is 1. The van der Waals surface area contributed by atoms with E-state index >= 15 is 0 Å². The van der Waals surface area contributed by atoms with E-state index in [0.29, 0.717) is 18.9 Å². The molecule has 4 nitrogen and oxygen atoms in total. The lowest BCUT2D eigenvalue weighted by Gasteiger charge is -2.20. The minimum Gasteiger partial charge on any atom is -0.350 e. The van der Waals surface area contributed by atoms with E-state index in [1.54, 1.807) is 0 Å². The predicted molar refractivity (Wildman–Crippen MR) is 68.7 cm³/mol.